The number of aliphatic hydroxyl groups excluding tert-OH is 1. The quantitative estimate of drug-likeness (QED) is 0.626. The molecule has 0 saturated carbocycles. The van der Waals surface area contributed by atoms with Gasteiger partial charge in [-0.3, -0.25) is 0 Å². The Morgan fingerprint density at radius 1 is 1.21 bits per heavy atom. The molecule has 3 heteroatoms. The van der Waals surface area contributed by atoms with Gasteiger partial charge in [-0.05, 0) is 12.8 Å². The Balaban J connectivity index is 3.56. The minimum Gasteiger partial charge on any atom is -0.392 e. The van der Waals surface area contributed by atoms with Crippen LogP contribution >= 0.6 is 0 Å². The maximum absolute atomic E-state index is 9.79. The Labute approximate surface area is 87.8 Å². The summed E-state index contributed by atoms with van der Waals surface area (Å²) in [6.45, 7) is 7.72. The molecular formula is C11H25NO2. The fraction of sp³-hybridized carbons (Fsp3) is 1.00. The van der Waals surface area contributed by atoms with E-state index >= 15 is 0 Å². The van der Waals surface area contributed by atoms with Crippen molar-refractivity contribution in [2.24, 2.45) is 5.92 Å². The summed E-state index contributed by atoms with van der Waals surface area (Å²) in [5.41, 5.74) is 0. The van der Waals surface area contributed by atoms with E-state index in [1.807, 2.05) is 6.92 Å². The van der Waals surface area contributed by atoms with Crippen molar-refractivity contribution >= 4 is 0 Å². The number of rotatable bonds is 8. The van der Waals surface area contributed by atoms with Crippen molar-refractivity contribution in [2.75, 3.05) is 20.2 Å². The summed E-state index contributed by atoms with van der Waals surface area (Å²) in [4.78, 5) is 0. The minimum absolute atomic E-state index is 0.212. The van der Waals surface area contributed by atoms with Crippen molar-refractivity contribution in [1.82, 2.24) is 5.32 Å². The van der Waals surface area contributed by atoms with Crippen LogP contribution in [0.4, 0.5) is 0 Å². The van der Waals surface area contributed by atoms with Gasteiger partial charge in [0.25, 0.3) is 0 Å². The highest BCUT2D eigenvalue weighted by atomic mass is 16.5. The third kappa shape index (κ3) is 5.58. The average molecular weight is 203 g/mol. The van der Waals surface area contributed by atoms with Crippen LogP contribution in [0, 0.1) is 5.92 Å². The summed E-state index contributed by atoms with van der Waals surface area (Å²) >= 11 is 0. The van der Waals surface area contributed by atoms with E-state index in [4.69, 9.17) is 4.74 Å². The number of hydrogen-bond donors (Lipinski definition) is 2. The van der Waals surface area contributed by atoms with E-state index in [2.05, 4.69) is 19.2 Å². The molecule has 0 aliphatic carbocycles. The number of hydrogen-bond acceptors (Lipinski definition) is 3. The third-order valence-corrected chi connectivity index (χ3v) is 2.78. The van der Waals surface area contributed by atoms with Crippen molar-refractivity contribution in [1.29, 1.82) is 0 Å². The molecule has 0 amide bonds. The lowest BCUT2D eigenvalue weighted by Crippen LogP contribution is -2.36. The number of aliphatic hydroxyl groups is 1. The molecule has 3 nitrogen and oxygen atoms in total. The van der Waals surface area contributed by atoms with Gasteiger partial charge in [-0.1, -0.05) is 26.7 Å². The van der Waals surface area contributed by atoms with E-state index in [0.717, 1.165) is 19.4 Å². The monoisotopic (exact) mass is 203 g/mol. The molecule has 0 saturated heterocycles. The molecule has 0 fully saturated rings. The number of methoxy groups -OCH3 is 1. The first-order valence-corrected chi connectivity index (χ1v) is 5.57. The summed E-state index contributed by atoms with van der Waals surface area (Å²) in [7, 11) is 1.70. The van der Waals surface area contributed by atoms with Gasteiger partial charge in [0.15, 0.2) is 0 Å². The van der Waals surface area contributed by atoms with Gasteiger partial charge in [0.1, 0.15) is 0 Å². The van der Waals surface area contributed by atoms with Gasteiger partial charge in [0, 0.05) is 20.2 Å². The molecule has 0 aliphatic heterocycles. The normalized spacial score (nSPS) is 15.9. The number of nitrogens with one attached hydrogen (secondary N) is 1. The highest BCUT2D eigenvalue weighted by molar-refractivity contribution is 4.69. The summed E-state index contributed by atoms with van der Waals surface area (Å²) in [6.07, 6.45) is 2.07. The highest BCUT2D eigenvalue weighted by Gasteiger charge is 2.14. The van der Waals surface area contributed by atoms with Gasteiger partial charge >= 0.3 is 0 Å². The van der Waals surface area contributed by atoms with Crippen molar-refractivity contribution in [3.8, 4) is 0 Å². The second-order valence-corrected chi connectivity index (χ2v) is 3.85. The van der Waals surface area contributed by atoms with E-state index in [9.17, 15) is 5.11 Å². The largest absolute Gasteiger partial charge is 0.392 e. The van der Waals surface area contributed by atoms with E-state index in [-0.39, 0.29) is 12.2 Å². The molecule has 2 atom stereocenters. The van der Waals surface area contributed by atoms with Gasteiger partial charge in [0.2, 0.25) is 0 Å². The van der Waals surface area contributed by atoms with Crippen LogP contribution in [0.1, 0.15) is 33.6 Å². The molecule has 0 aromatic rings. The zero-order valence-corrected chi connectivity index (χ0v) is 9.92. The van der Waals surface area contributed by atoms with Gasteiger partial charge in [-0.25, -0.2) is 0 Å². The molecule has 0 bridgehead atoms. The highest BCUT2D eigenvalue weighted by Crippen LogP contribution is 2.12. The summed E-state index contributed by atoms with van der Waals surface area (Å²) in [5, 5.41) is 13.0. The first-order valence-electron chi connectivity index (χ1n) is 5.57. The van der Waals surface area contributed by atoms with Gasteiger partial charge in [-0.15, -0.1) is 0 Å². The van der Waals surface area contributed by atoms with Crippen LogP contribution < -0.4 is 5.32 Å². The van der Waals surface area contributed by atoms with Crippen molar-refractivity contribution in [2.45, 2.75) is 45.8 Å². The molecule has 2 N–H and O–H groups in total. The predicted molar refractivity (Wildman–Crippen MR) is 59.4 cm³/mol. The van der Waals surface area contributed by atoms with Gasteiger partial charge < -0.3 is 15.2 Å². The smallest absolute Gasteiger partial charge is 0.0692 e. The van der Waals surface area contributed by atoms with Crippen LogP contribution in [0.2, 0.25) is 0 Å². The molecule has 0 heterocycles. The first-order chi connectivity index (χ1) is 6.65. The Morgan fingerprint density at radius 3 is 2.21 bits per heavy atom. The fourth-order valence-electron chi connectivity index (χ4n) is 1.52. The van der Waals surface area contributed by atoms with E-state index in [1.165, 1.54) is 0 Å². The maximum atomic E-state index is 9.79. The Morgan fingerprint density at radius 2 is 1.79 bits per heavy atom. The van der Waals surface area contributed by atoms with Gasteiger partial charge in [0.05, 0.1) is 12.2 Å². The van der Waals surface area contributed by atoms with Gasteiger partial charge in [-0.2, -0.15) is 0 Å². The maximum Gasteiger partial charge on any atom is 0.0692 e. The van der Waals surface area contributed by atoms with Crippen molar-refractivity contribution in [3.05, 3.63) is 0 Å². The van der Waals surface area contributed by atoms with Crippen LogP contribution in [0.5, 0.6) is 0 Å². The van der Waals surface area contributed by atoms with Crippen LogP contribution in [-0.4, -0.2) is 37.5 Å². The SMILES string of the molecule is CCC(CC)C(O)CNCC(C)OC. The Bertz CT molecular complexity index is 126. The summed E-state index contributed by atoms with van der Waals surface area (Å²) in [5.74, 6) is 0.417. The van der Waals surface area contributed by atoms with Crippen molar-refractivity contribution in [3.63, 3.8) is 0 Å². The topological polar surface area (TPSA) is 41.5 Å². The molecule has 0 rings (SSSR count). The average Bonchev–Trinajstić information content (AvgIpc) is 2.19. The molecule has 86 valence electrons. The van der Waals surface area contributed by atoms with E-state index < -0.39 is 0 Å². The lowest BCUT2D eigenvalue weighted by atomic mass is 9.96. The Hall–Kier alpha value is -0.120. The zero-order chi connectivity index (χ0) is 11.0. The molecule has 0 aromatic carbocycles. The zero-order valence-electron chi connectivity index (χ0n) is 9.92. The van der Waals surface area contributed by atoms with E-state index in [0.29, 0.717) is 12.5 Å². The predicted octanol–water partition coefficient (Wildman–Crippen LogP) is 1.41. The molecule has 0 aliphatic rings. The second-order valence-electron chi connectivity index (χ2n) is 3.85. The summed E-state index contributed by atoms with van der Waals surface area (Å²) in [6, 6.07) is 0. The standard InChI is InChI=1S/C11H25NO2/c1-5-10(6-2)11(13)8-12-7-9(3)14-4/h9-13H,5-8H2,1-4H3. The Kier molecular flexibility index (Phi) is 8.14. The lowest BCUT2D eigenvalue weighted by Gasteiger charge is -2.21. The van der Waals surface area contributed by atoms with Crippen LogP contribution in [0.15, 0.2) is 0 Å². The lowest BCUT2D eigenvalue weighted by molar-refractivity contribution is 0.0861. The molecule has 0 radical (unpaired) electrons. The number of ether oxygens (including phenoxy) is 1. The van der Waals surface area contributed by atoms with Crippen LogP contribution in [0.25, 0.3) is 0 Å². The van der Waals surface area contributed by atoms with E-state index in [1.54, 1.807) is 7.11 Å². The molecule has 14 heavy (non-hydrogen) atoms. The molecule has 2 unspecified atom stereocenters. The second kappa shape index (κ2) is 8.21. The van der Waals surface area contributed by atoms with Crippen LogP contribution in [0.3, 0.4) is 0 Å². The minimum atomic E-state index is -0.228. The summed E-state index contributed by atoms with van der Waals surface area (Å²) < 4.78 is 5.10. The molecule has 0 aromatic heterocycles. The van der Waals surface area contributed by atoms with Crippen LogP contribution in [-0.2, 0) is 4.74 Å². The van der Waals surface area contributed by atoms with Crippen molar-refractivity contribution < 1.29 is 9.84 Å². The molecular weight excluding hydrogens is 178 g/mol. The third-order valence-electron chi connectivity index (χ3n) is 2.78. The molecule has 0 spiro atoms. The fourth-order valence-corrected chi connectivity index (χ4v) is 1.52. The first kappa shape index (κ1) is 13.9.